The van der Waals surface area contributed by atoms with E-state index < -0.39 is 0 Å². The molecule has 1 fully saturated rings. The third kappa shape index (κ3) is 3.98. The maximum Gasteiger partial charge on any atom is 0.505 e. The molecule has 1 aliphatic heterocycles. The van der Waals surface area contributed by atoms with Gasteiger partial charge < -0.3 is 19.5 Å². The van der Waals surface area contributed by atoms with Crippen LogP contribution in [-0.4, -0.2) is 59.7 Å². The van der Waals surface area contributed by atoms with Crippen molar-refractivity contribution in [3.05, 3.63) is 29.8 Å². The Hall–Kier alpha value is -0.955. The molecule has 0 radical (unpaired) electrons. The molecule has 0 unspecified atom stereocenters. The van der Waals surface area contributed by atoms with E-state index in [1.165, 1.54) is 10.1 Å². The minimum absolute atomic E-state index is 0.0901. The fourth-order valence-corrected chi connectivity index (χ4v) is 4.10. The topological polar surface area (TPSA) is 62.2 Å². The third-order valence-electron chi connectivity index (χ3n) is 5.32. The van der Waals surface area contributed by atoms with E-state index in [-0.39, 0.29) is 31.5 Å². The summed E-state index contributed by atoms with van der Waals surface area (Å²) >= 11 is 1.70. The Kier molecular flexibility index (Phi) is 5.77. The normalized spacial score (nSPS) is 19.0. The van der Waals surface area contributed by atoms with Crippen molar-refractivity contribution in [2.45, 2.75) is 45.4 Å². The van der Waals surface area contributed by atoms with Crippen molar-refractivity contribution >= 4 is 33.3 Å². The van der Waals surface area contributed by atoms with Gasteiger partial charge in [0.15, 0.2) is 0 Å². The molecule has 1 aromatic carbocycles. The summed E-state index contributed by atoms with van der Waals surface area (Å²) in [4.78, 5) is 2.04. The first-order valence-electron chi connectivity index (χ1n) is 9.08. The minimum Gasteiger partial charge on any atom is -0.399 e. The van der Waals surface area contributed by atoms with Crippen LogP contribution in [-0.2, 0) is 15.9 Å². The largest absolute Gasteiger partial charge is 0.505 e. The Morgan fingerprint density at radius 2 is 1.62 bits per heavy atom. The summed E-state index contributed by atoms with van der Waals surface area (Å²) in [6.45, 7) is 10.3. The van der Waals surface area contributed by atoms with Gasteiger partial charge in [-0.25, -0.2) is 0 Å². The first-order chi connectivity index (χ1) is 12.3. The molecular formula is C19H28BNO4S. The zero-order valence-electron chi connectivity index (χ0n) is 16.0. The van der Waals surface area contributed by atoms with Gasteiger partial charge in [-0.1, -0.05) is 6.07 Å². The van der Waals surface area contributed by atoms with Gasteiger partial charge in [0.05, 0.1) is 24.4 Å². The molecule has 3 rings (SSSR count). The number of rotatable bonds is 7. The highest BCUT2D eigenvalue weighted by Gasteiger charge is 2.52. The lowest BCUT2D eigenvalue weighted by molar-refractivity contribution is 0.00578. The fraction of sp³-hybridized carbons (Fsp3) is 0.579. The number of fused-ring (bicyclic) bond motifs is 1. The standard InChI is InChI=1S/C19H28BNO4S/c1-18(2)19(3,4)25-20(24-18)17-12-15-11-14(5-6-16(15)26-17)13-21(7-9-22)8-10-23/h5-6,11-12,22-23H,7-10,13H2,1-4H3. The Balaban J connectivity index is 1.80. The smallest absolute Gasteiger partial charge is 0.399 e. The van der Waals surface area contributed by atoms with Crippen LogP contribution < -0.4 is 4.78 Å². The SMILES string of the molecule is CC1(C)OB(c2cc3cc(CN(CCO)CCO)ccc3s2)OC1(C)C. The Labute approximate surface area is 159 Å². The van der Waals surface area contributed by atoms with E-state index >= 15 is 0 Å². The van der Waals surface area contributed by atoms with Gasteiger partial charge in [-0.15, -0.1) is 11.3 Å². The molecule has 5 nitrogen and oxygen atoms in total. The van der Waals surface area contributed by atoms with Crippen molar-refractivity contribution in [2.24, 2.45) is 0 Å². The van der Waals surface area contributed by atoms with E-state index in [9.17, 15) is 10.2 Å². The van der Waals surface area contributed by atoms with Crippen LogP contribution in [0.1, 0.15) is 33.3 Å². The lowest BCUT2D eigenvalue weighted by Gasteiger charge is -2.32. The number of aliphatic hydroxyl groups is 2. The molecule has 2 N–H and O–H groups in total. The number of aliphatic hydroxyl groups excluding tert-OH is 2. The summed E-state index contributed by atoms with van der Waals surface area (Å²) in [5.74, 6) is 0. The highest BCUT2D eigenvalue weighted by atomic mass is 32.1. The van der Waals surface area contributed by atoms with Crippen molar-refractivity contribution in [3.8, 4) is 0 Å². The second-order valence-electron chi connectivity index (χ2n) is 7.83. The molecule has 1 saturated heterocycles. The molecule has 0 atom stereocenters. The minimum atomic E-state index is -0.339. The molecule has 142 valence electrons. The van der Waals surface area contributed by atoms with Gasteiger partial charge in [0.25, 0.3) is 0 Å². The maximum atomic E-state index is 9.17. The Morgan fingerprint density at radius 1 is 1.00 bits per heavy atom. The van der Waals surface area contributed by atoms with E-state index in [0.29, 0.717) is 19.6 Å². The molecule has 0 spiro atoms. The van der Waals surface area contributed by atoms with Crippen LogP contribution in [0.2, 0.25) is 0 Å². The zero-order chi connectivity index (χ0) is 18.9. The van der Waals surface area contributed by atoms with E-state index in [1.807, 2.05) is 4.90 Å². The predicted octanol–water partition coefficient (Wildman–Crippen LogP) is 1.99. The number of hydrogen-bond acceptors (Lipinski definition) is 6. The van der Waals surface area contributed by atoms with Crippen LogP contribution >= 0.6 is 11.3 Å². The van der Waals surface area contributed by atoms with Gasteiger partial charge in [-0.05, 0) is 56.8 Å². The van der Waals surface area contributed by atoms with E-state index in [0.717, 1.165) is 10.3 Å². The number of hydrogen-bond donors (Lipinski definition) is 2. The molecule has 0 aliphatic carbocycles. The highest BCUT2D eigenvalue weighted by molar-refractivity contribution is 7.28. The molecule has 1 aromatic heterocycles. The van der Waals surface area contributed by atoms with Crippen molar-refractivity contribution < 1.29 is 19.5 Å². The summed E-state index contributed by atoms with van der Waals surface area (Å²) < 4.78 is 14.6. The fourth-order valence-electron chi connectivity index (χ4n) is 3.10. The molecule has 2 heterocycles. The van der Waals surface area contributed by atoms with Gasteiger partial charge >= 0.3 is 7.12 Å². The van der Waals surface area contributed by atoms with E-state index in [1.54, 1.807) is 11.3 Å². The summed E-state index contributed by atoms with van der Waals surface area (Å²) in [5.41, 5.74) is 0.486. The molecule has 2 aromatic rings. The second-order valence-corrected chi connectivity index (χ2v) is 8.95. The van der Waals surface area contributed by atoms with Crippen LogP contribution in [0.4, 0.5) is 0 Å². The number of thiophene rings is 1. The van der Waals surface area contributed by atoms with Gasteiger partial charge in [0.1, 0.15) is 0 Å². The monoisotopic (exact) mass is 377 g/mol. The summed E-state index contributed by atoms with van der Waals surface area (Å²) in [7, 11) is -0.332. The summed E-state index contributed by atoms with van der Waals surface area (Å²) in [6, 6.07) is 8.55. The van der Waals surface area contributed by atoms with Gasteiger partial charge in [-0.3, -0.25) is 4.90 Å². The third-order valence-corrected chi connectivity index (χ3v) is 6.46. The van der Waals surface area contributed by atoms with Crippen LogP contribution in [0.25, 0.3) is 10.1 Å². The highest BCUT2D eigenvalue weighted by Crippen LogP contribution is 2.37. The molecular weight excluding hydrogens is 349 g/mol. The quantitative estimate of drug-likeness (QED) is 0.723. The summed E-state index contributed by atoms with van der Waals surface area (Å²) in [6.07, 6.45) is 0. The van der Waals surface area contributed by atoms with Crippen LogP contribution in [0, 0.1) is 0 Å². The maximum absolute atomic E-state index is 9.17. The first kappa shape index (κ1) is 19.8. The molecule has 7 heteroatoms. The van der Waals surface area contributed by atoms with E-state index in [2.05, 4.69) is 52.0 Å². The average Bonchev–Trinajstić information content (AvgIpc) is 3.06. The molecule has 26 heavy (non-hydrogen) atoms. The Morgan fingerprint density at radius 3 is 2.19 bits per heavy atom. The van der Waals surface area contributed by atoms with Gasteiger partial charge in [-0.2, -0.15) is 0 Å². The summed E-state index contributed by atoms with van der Waals surface area (Å²) in [5, 5.41) is 19.5. The zero-order valence-corrected chi connectivity index (χ0v) is 16.8. The Bertz CT molecular complexity index is 739. The van der Waals surface area contributed by atoms with Crippen molar-refractivity contribution in [1.82, 2.24) is 4.90 Å². The predicted molar refractivity (Wildman–Crippen MR) is 107 cm³/mol. The van der Waals surface area contributed by atoms with Gasteiger partial charge in [0, 0.05) is 29.1 Å². The van der Waals surface area contributed by atoms with Gasteiger partial charge in [0.2, 0.25) is 0 Å². The average molecular weight is 377 g/mol. The van der Waals surface area contributed by atoms with Crippen molar-refractivity contribution in [2.75, 3.05) is 26.3 Å². The molecule has 0 saturated carbocycles. The van der Waals surface area contributed by atoms with Crippen LogP contribution in [0.3, 0.4) is 0 Å². The van der Waals surface area contributed by atoms with Crippen LogP contribution in [0.5, 0.6) is 0 Å². The lowest BCUT2D eigenvalue weighted by atomic mass is 9.87. The van der Waals surface area contributed by atoms with Crippen molar-refractivity contribution in [3.63, 3.8) is 0 Å². The molecule has 0 bridgehead atoms. The van der Waals surface area contributed by atoms with Crippen molar-refractivity contribution in [1.29, 1.82) is 0 Å². The molecule has 1 aliphatic rings. The second kappa shape index (κ2) is 7.58. The number of nitrogens with zero attached hydrogens (tertiary/aromatic N) is 1. The molecule has 0 amide bonds. The lowest BCUT2D eigenvalue weighted by Crippen LogP contribution is -2.41. The first-order valence-corrected chi connectivity index (χ1v) is 9.89. The van der Waals surface area contributed by atoms with E-state index in [4.69, 9.17) is 9.31 Å². The van der Waals surface area contributed by atoms with Crippen LogP contribution in [0.15, 0.2) is 24.3 Å². The number of benzene rings is 1.